The summed E-state index contributed by atoms with van der Waals surface area (Å²) in [6, 6.07) is 8.80. The lowest BCUT2D eigenvalue weighted by atomic mass is 10.2. The first-order valence-corrected chi connectivity index (χ1v) is 9.39. The van der Waals surface area contributed by atoms with Crippen molar-refractivity contribution in [3.05, 3.63) is 76.7 Å². The number of halogens is 2. The van der Waals surface area contributed by atoms with Crippen LogP contribution in [0.4, 0.5) is 11.4 Å². The maximum Gasteiger partial charge on any atom is 0.273 e. The van der Waals surface area contributed by atoms with Crippen LogP contribution in [0.25, 0.3) is 0 Å². The van der Waals surface area contributed by atoms with Crippen molar-refractivity contribution in [2.75, 3.05) is 13.1 Å². The van der Waals surface area contributed by atoms with Crippen LogP contribution in [0.15, 0.2) is 45.3 Å². The van der Waals surface area contributed by atoms with Gasteiger partial charge in [-0.15, -0.1) is 0 Å². The molecule has 12 heteroatoms. The third-order valence-corrected chi connectivity index (χ3v) is 4.48. The zero-order valence-corrected chi connectivity index (χ0v) is 17.5. The van der Waals surface area contributed by atoms with Crippen LogP contribution in [-0.4, -0.2) is 34.6 Å². The molecule has 2 rings (SSSR count). The number of nitrogens with zero attached hydrogens (tertiary/aromatic N) is 2. The summed E-state index contributed by atoms with van der Waals surface area (Å²) < 4.78 is 1.07. The second-order valence-electron chi connectivity index (χ2n) is 5.59. The highest BCUT2D eigenvalue weighted by Crippen LogP contribution is 2.21. The first-order valence-electron chi connectivity index (χ1n) is 7.80. The molecule has 0 saturated heterocycles. The molecule has 0 amide bonds. The lowest BCUT2D eigenvalue weighted by Gasteiger charge is -1.99. The maximum atomic E-state index is 10.9. The summed E-state index contributed by atoms with van der Waals surface area (Å²) in [5.41, 5.74) is 12.7. The molecule has 0 bridgehead atoms. The summed E-state index contributed by atoms with van der Waals surface area (Å²) in [6.07, 6.45) is 0. The van der Waals surface area contributed by atoms with Gasteiger partial charge in [-0.2, -0.15) is 0 Å². The standard InChI is InChI=1S/C16H14Br2N6O4/c17-11-3-9(5-13(7-11)23(25)26)15(19)21-1-2-22-16(20)10-4-12(18)8-14(6-10)24(27)28/h3-8H,1-2H2,(H2,19,21)(H2,20,22)/p+2. The van der Waals surface area contributed by atoms with Crippen molar-refractivity contribution < 1.29 is 19.8 Å². The molecule has 146 valence electrons. The van der Waals surface area contributed by atoms with E-state index >= 15 is 0 Å². The Bertz CT molecular complexity index is 914. The van der Waals surface area contributed by atoms with Gasteiger partial charge in [-0.05, 0) is 12.1 Å². The first-order chi connectivity index (χ1) is 13.2. The summed E-state index contributed by atoms with van der Waals surface area (Å²) in [7, 11) is 0. The quantitative estimate of drug-likeness (QED) is 0.125. The molecule has 0 aromatic heterocycles. The summed E-state index contributed by atoms with van der Waals surface area (Å²) >= 11 is 6.43. The molecule has 0 aliphatic carbocycles. The van der Waals surface area contributed by atoms with E-state index in [9.17, 15) is 20.2 Å². The minimum absolute atomic E-state index is 0.0823. The zero-order valence-electron chi connectivity index (χ0n) is 14.3. The van der Waals surface area contributed by atoms with Gasteiger partial charge in [0, 0.05) is 33.2 Å². The lowest BCUT2D eigenvalue weighted by Crippen LogP contribution is -2.86. The third-order valence-electron chi connectivity index (χ3n) is 3.56. The van der Waals surface area contributed by atoms with Gasteiger partial charge in [0.15, 0.2) is 0 Å². The number of nitrogen functional groups attached to an aromatic ring is 2. The fourth-order valence-electron chi connectivity index (χ4n) is 2.27. The second-order valence-corrected chi connectivity index (χ2v) is 7.42. The first kappa shape index (κ1) is 21.4. The van der Waals surface area contributed by atoms with Gasteiger partial charge in [-0.1, -0.05) is 31.9 Å². The maximum absolute atomic E-state index is 10.9. The number of nitrogens with two attached hydrogens (primary N) is 2. The van der Waals surface area contributed by atoms with E-state index < -0.39 is 9.85 Å². The van der Waals surface area contributed by atoms with E-state index in [1.165, 1.54) is 24.3 Å². The van der Waals surface area contributed by atoms with Gasteiger partial charge >= 0.3 is 0 Å². The number of benzene rings is 2. The van der Waals surface area contributed by atoms with Crippen LogP contribution in [0.2, 0.25) is 0 Å². The molecule has 28 heavy (non-hydrogen) atoms. The predicted molar refractivity (Wildman–Crippen MR) is 110 cm³/mol. The second kappa shape index (κ2) is 9.37. The highest BCUT2D eigenvalue weighted by atomic mass is 79.9. The summed E-state index contributed by atoms with van der Waals surface area (Å²) in [6.45, 7) is 0.728. The topological polar surface area (TPSA) is 166 Å². The van der Waals surface area contributed by atoms with Crippen LogP contribution in [0.1, 0.15) is 11.1 Å². The average Bonchev–Trinajstić information content (AvgIpc) is 2.63. The SMILES string of the molecule is NC(=[NH+]CC[NH+]=C(N)c1cc(Br)cc([N+](=O)[O-])c1)c1cc(Br)cc([N+](=O)[O-])c1. The van der Waals surface area contributed by atoms with Gasteiger partial charge in [0.05, 0.1) is 21.0 Å². The molecule has 0 saturated carbocycles. The molecule has 0 atom stereocenters. The number of non-ortho nitro benzene ring substituents is 2. The highest BCUT2D eigenvalue weighted by Gasteiger charge is 2.15. The van der Waals surface area contributed by atoms with E-state index in [0.29, 0.717) is 33.2 Å². The number of nitro groups is 2. The Morgan fingerprint density at radius 2 is 1.14 bits per heavy atom. The number of hydrogen-bond donors (Lipinski definition) is 4. The van der Waals surface area contributed by atoms with Gasteiger partial charge in [0.2, 0.25) is 0 Å². The van der Waals surface area contributed by atoms with Crippen LogP contribution >= 0.6 is 31.9 Å². The average molecular weight is 516 g/mol. The molecule has 0 fully saturated rings. The van der Waals surface area contributed by atoms with E-state index in [0.717, 1.165) is 0 Å². The molecular formula is C16H16Br2N6O4+2. The minimum Gasteiger partial charge on any atom is -0.287 e. The number of nitro benzene ring substituents is 2. The van der Waals surface area contributed by atoms with Crippen molar-refractivity contribution in [2.24, 2.45) is 11.5 Å². The van der Waals surface area contributed by atoms with E-state index in [1.54, 1.807) is 12.1 Å². The fraction of sp³-hybridized carbons (Fsp3) is 0.125. The molecule has 10 nitrogen and oxygen atoms in total. The van der Waals surface area contributed by atoms with Crippen molar-refractivity contribution in [1.29, 1.82) is 0 Å². The van der Waals surface area contributed by atoms with Crippen LogP contribution in [0.3, 0.4) is 0 Å². The third kappa shape index (κ3) is 5.82. The Kier molecular flexibility index (Phi) is 7.18. The molecule has 0 spiro atoms. The Balaban J connectivity index is 2.10. The van der Waals surface area contributed by atoms with Crippen LogP contribution in [0.5, 0.6) is 0 Å². The molecule has 0 unspecified atom stereocenters. The Morgan fingerprint density at radius 3 is 1.46 bits per heavy atom. The van der Waals surface area contributed by atoms with Crippen LogP contribution in [-0.2, 0) is 0 Å². The number of rotatable bonds is 7. The normalized spacial score (nSPS) is 12.1. The van der Waals surface area contributed by atoms with Crippen molar-refractivity contribution in [2.45, 2.75) is 0 Å². The monoisotopic (exact) mass is 514 g/mol. The van der Waals surface area contributed by atoms with Crippen LogP contribution in [0, 0.1) is 20.2 Å². The zero-order chi connectivity index (χ0) is 20.8. The van der Waals surface area contributed by atoms with E-state index in [-0.39, 0.29) is 23.0 Å². The number of nitrogens with one attached hydrogen (secondary N) is 2. The van der Waals surface area contributed by atoms with E-state index in [4.69, 9.17) is 11.5 Å². The number of hydrogen-bond acceptors (Lipinski definition) is 4. The summed E-state index contributed by atoms with van der Waals surface area (Å²) in [5, 5.41) is 21.9. The molecule has 0 heterocycles. The van der Waals surface area contributed by atoms with Gasteiger partial charge in [0.1, 0.15) is 13.1 Å². The van der Waals surface area contributed by atoms with Crippen molar-refractivity contribution in [3.8, 4) is 0 Å². The van der Waals surface area contributed by atoms with Crippen molar-refractivity contribution >= 4 is 54.9 Å². The van der Waals surface area contributed by atoms with Crippen LogP contribution < -0.4 is 21.5 Å². The summed E-state index contributed by atoms with van der Waals surface area (Å²) in [4.78, 5) is 26.7. The van der Waals surface area contributed by atoms with Gasteiger partial charge in [-0.3, -0.25) is 41.7 Å². The largest absolute Gasteiger partial charge is 0.287 e. The lowest BCUT2D eigenvalue weighted by molar-refractivity contribution is -0.538. The smallest absolute Gasteiger partial charge is 0.273 e. The molecule has 2 aromatic carbocycles. The van der Waals surface area contributed by atoms with Gasteiger partial charge in [0.25, 0.3) is 23.0 Å². The Labute approximate surface area is 175 Å². The molecular weight excluding hydrogens is 500 g/mol. The van der Waals surface area contributed by atoms with E-state index in [2.05, 4.69) is 41.8 Å². The molecule has 0 radical (unpaired) electrons. The van der Waals surface area contributed by atoms with Gasteiger partial charge < -0.3 is 0 Å². The molecule has 0 aliphatic heterocycles. The van der Waals surface area contributed by atoms with E-state index in [1.807, 2.05) is 0 Å². The molecule has 0 aliphatic rings. The highest BCUT2D eigenvalue weighted by molar-refractivity contribution is 9.10. The van der Waals surface area contributed by atoms with Gasteiger partial charge in [-0.25, -0.2) is 0 Å². The Morgan fingerprint density at radius 1 is 0.786 bits per heavy atom. The Hall–Kier alpha value is -2.86. The fourth-order valence-corrected chi connectivity index (χ4v) is 3.23. The molecule has 2 aromatic rings. The molecule has 6 N–H and O–H groups in total. The predicted octanol–water partition coefficient (Wildman–Crippen LogP) is -0.700. The summed E-state index contributed by atoms with van der Waals surface area (Å²) in [5.74, 6) is 0.533. The van der Waals surface area contributed by atoms with Crippen molar-refractivity contribution in [1.82, 2.24) is 0 Å². The number of amidine groups is 2. The minimum atomic E-state index is -0.504. The van der Waals surface area contributed by atoms with Crippen molar-refractivity contribution in [3.63, 3.8) is 0 Å².